The number of hydrogen-bond donors (Lipinski definition) is 1. The zero-order valence-corrected chi connectivity index (χ0v) is 13.3. The highest BCUT2D eigenvalue weighted by molar-refractivity contribution is 5.54. The van der Waals surface area contributed by atoms with Gasteiger partial charge in [-0.05, 0) is 12.1 Å². The third-order valence-electron chi connectivity index (χ3n) is 3.90. The van der Waals surface area contributed by atoms with Gasteiger partial charge in [0.2, 0.25) is 11.8 Å². The van der Waals surface area contributed by atoms with Crippen LogP contribution >= 0.6 is 0 Å². The Hall–Kier alpha value is -2.54. The normalized spacial score (nSPS) is 16.7. The molecule has 23 heavy (non-hydrogen) atoms. The summed E-state index contributed by atoms with van der Waals surface area (Å²) in [6.07, 6.45) is 0.907. The summed E-state index contributed by atoms with van der Waals surface area (Å²) in [7, 11) is 4.75. The average molecular weight is 317 g/mol. The van der Waals surface area contributed by atoms with E-state index >= 15 is 0 Å². The summed E-state index contributed by atoms with van der Waals surface area (Å²) in [5, 5.41) is 10.6. The molecule has 0 saturated carbocycles. The molecule has 0 unspecified atom stereocenters. The Morgan fingerprint density at radius 1 is 1.09 bits per heavy atom. The molecule has 122 valence electrons. The summed E-state index contributed by atoms with van der Waals surface area (Å²) < 4.78 is 15.9. The molecule has 7 heteroatoms. The van der Waals surface area contributed by atoms with E-state index in [2.05, 4.69) is 9.97 Å². The number of ether oxygens (including phenoxy) is 3. The highest BCUT2D eigenvalue weighted by atomic mass is 16.5. The zero-order valence-electron chi connectivity index (χ0n) is 13.3. The third kappa shape index (κ3) is 2.75. The van der Waals surface area contributed by atoms with Gasteiger partial charge in [-0.25, -0.2) is 4.98 Å². The second kappa shape index (κ2) is 6.29. The van der Waals surface area contributed by atoms with Crippen molar-refractivity contribution in [3.8, 4) is 17.4 Å². The number of aliphatic hydroxyl groups excluding tert-OH is 1. The van der Waals surface area contributed by atoms with E-state index in [9.17, 15) is 5.11 Å². The summed E-state index contributed by atoms with van der Waals surface area (Å²) in [6.45, 7) is 0.879. The van der Waals surface area contributed by atoms with Gasteiger partial charge in [0, 0.05) is 23.4 Å². The van der Waals surface area contributed by atoms with Crippen LogP contribution in [-0.4, -0.2) is 42.9 Å². The van der Waals surface area contributed by atoms with Crippen molar-refractivity contribution in [1.29, 1.82) is 0 Å². The molecule has 2 heterocycles. The lowest BCUT2D eigenvalue weighted by Crippen LogP contribution is -2.35. The van der Waals surface area contributed by atoms with Gasteiger partial charge in [-0.3, -0.25) is 0 Å². The maximum absolute atomic E-state index is 10.6. The summed E-state index contributed by atoms with van der Waals surface area (Å²) in [5.41, 5.74) is 1.63. The molecule has 7 nitrogen and oxygen atoms in total. The largest absolute Gasteiger partial charge is 0.496 e. The van der Waals surface area contributed by atoms with Crippen LogP contribution in [0, 0.1) is 0 Å². The van der Waals surface area contributed by atoms with E-state index in [-0.39, 0.29) is 0 Å². The maximum Gasteiger partial charge on any atom is 0.229 e. The van der Waals surface area contributed by atoms with Gasteiger partial charge in [0.25, 0.3) is 0 Å². The van der Waals surface area contributed by atoms with Crippen molar-refractivity contribution in [2.45, 2.75) is 12.6 Å². The molecule has 0 amide bonds. The van der Waals surface area contributed by atoms with Gasteiger partial charge in [-0.2, -0.15) is 4.98 Å². The van der Waals surface area contributed by atoms with Crippen LogP contribution < -0.4 is 19.1 Å². The summed E-state index contributed by atoms with van der Waals surface area (Å²) in [4.78, 5) is 10.5. The molecule has 1 aliphatic heterocycles. The molecule has 0 fully saturated rings. The Morgan fingerprint density at radius 2 is 1.83 bits per heavy atom. The average Bonchev–Trinajstić information content (AvgIpc) is 2.60. The summed E-state index contributed by atoms with van der Waals surface area (Å²) in [5.74, 6) is 2.33. The first-order chi connectivity index (χ1) is 11.2. The van der Waals surface area contributed by atoms with Gasteiger partial charge in [0.1, 0.15) is 17.6 Å². The molecule has 0 saturated heterocycles. The number of nitrogens with zero attached hydrogens (tertiary/aromatic N) is 3. The molecular weight excluding hydrogens is 298 g/mol. The molecule has 1 aromatic heterocycles. The Kier molecular flexibility index (Phi) is 4.20. The monoisotopic (exact) mass is 317 g/mol. The van der Waals surface area contributed by atoms with Crippen molar-refractivity contribution in [2.75, 3.05) is 32.8 Å². The molecule has 1 aliphatic rings. The second-order valence-electron chi connectivity index (χ2n) is 5.16. The predicted octanol–water partition coefficient (Wildman–Crippen LogP) is 1.56. The highest BCUT2D eigenvalue weighted by Crippen LogP contribution is 2.40. The standard InChI is InChI=1S/C16H19N3O4/c1-21-12-4-5-13(22-2)15-10(12)8-19(9-11(15)20)16-17-7-6-14(18-16)23-3/h4-7,11,20H,8-9H2,1-3H3/t11-/m0/s1. The van der Waals surface area contributed by atoms with E-state index < -0.39 is 6.10 Å². The smallest absolute Gasteiger partial charge is 0.229 e. The van der Waals surface area contributed by atoms with Gasteiger partial charge in [0.15, 0.2) is 0 Å². The lowest BCUT2D eigenvalue weighted by atomic mass is 9.95. The van der Waals surface area contributed by atoms with Gasteiger partial charge in [0.05, 0.1) is 34.4 Å². The minimum atomic E-state index is -0.724. The van der Waals surface area contributed by atoms with E-state index in [4.69, 9.17) is 14.2 Å². The number of aromatic nitrogens is 2. The number of aliphatic hydroxyl groups is 1. The molecular formula is C16H19N3O4. The van der Waals surface area contributed by atoms with Crippen LogP contribution in [0.3, 0.4) is 0 Å². The third-order valence-corrected chi connectivity index (χ3v) is 3.90. The molecule has 0 spiro atoms. The fourth-order valence-corrected chi connectivity index (χ4v) is 2.83. The highest BCUT2D eigenvalue weighted by Gasteiger charge is 2.30. The van der Waals surface area contributed by atoms with Gasteiger partial charge >= 0.3 is 0 Å². The molecule has 0 radical (unpaired) electrons. The van der Waals surface area contributed by atoms with Crippen LogP contribution in [0.5, 0.6) is 17.4 Å². The molecule has 1 N–H and O–H groups in total. The minimum Gasteiger partial charge on any atom is -0.496 e. The number of benzene rings is 1. The molecule has 1 aromatic carbocycles. The molecule has 3 rings (SSSR count). The summed E-state index contributed by atoms with van der Waals surface area (Å²) in [6, 6.07) is 5.32. The number of rotatable bonds is 4. The van der Waals surface area contributed by atoms with Crippen molar-refractivity contribution in [3.05, 3.63) is 35.5 Å². The Labute approximate surface area is 134 Å². The van der Waals surface area contributed by atoms with Crippen molar-refractivity contribution < 1.29 is 19.3 Å². The van der Waals surface area contributed by atoms with E-state index in [1.165, 1.54) is 0 Å². The number of fused-ring (bicyclic) bond motifs is 1. The minimum absolute atomic E-state index is 0.365. The topological polar surface area (TPSA) is 76.9 Å². The van der Waals surface area contributed by atoms with E-state index in [1.807, 2.05) is 11.0 Å². The number of methoxy groups -OCH3 is 3. The Balaban J connectivity index is 2.02. The van der Waals surface area contributed by atoms with Crippen molar-refractivity contribution >= 4 is 5.95 Å². The van der Waals surface area contributed by atoms with Crippen molar-refractivity contribution in [2.24, 2.45) is 0 Å². The SMILES string of the molecule is COc1ccnc(N2Cc3c(OC)ccc(OC)c3[C@@H](O)C2)n1. The Bertz CT molecular complexity index is 708. The lowest BCUT2D eigenvalue weighted by molar-refractivity contribution is 0.169. The molecule has 2 aromatic rings. The second-order valence-corrected chi connectivity index (χ2v) is 5.16. The first-order valence-electron chi connectivity index (χ1n) is 7.21. The molecule has 0 aliphatic carbocycles. The number of β-amino-alcohol motifs (C(OH)–C–C–N with tert-alkyl or cyclic N) is 1. The summed E-state index contributed by atoms with van der Waals surface area (Å²) >= 11 is 0. The number of anilines is 1. The van der Waals surface area contributed by atoms with Gasteiger partial charge in [-0.1, -0.05) is 0 Å². The predicted molar refractivity (Wildman–Crippen MR) is 84.1 cm³/mol. The first kappa shape index (κ1) is 15.4. The van der Waals surface area contributed by atoms with Crippen molar-refractivity contribution in [3.63, 3.8) is 0 Å². The van der Waals surface area contributed by atoms with Crippen LogP contribution in [0.25, 0.3) is 0 Å². The number of hydrogen-bond acceptors (Lipinski definition) is 7. The fraction of sp³-hybridized carbons (Fsp3) is 0.375. The van der Waals surface area contributed by atoms with Crippen molar-refractivity contribution in [1.82, 2.24) is 9.97 Å². The maximum atomic E-state index is 10.6. The van der Waals surface area contributed by atoms with Crippen LogP contribution in [0.1, 0.15) is 17.2 Å². The van der Waals surface area contributed by atoms with Gasteiger partial charge < -0.3 is 24.2 Å². The molecule has 1 atom stereocenters. The Morgan fingerprint density at radius 3 is 2.52 bits per heavy atom. The zero-order chi connectivity index (χ0) is 16.4. The van der Waals surface area contributed by atoms with E-state index in [0.717, 1.165) is 11.1 Å². The van der Waals surface area contributed by atoms with Crippen LogP contribution in [0.4, 0.5) is 5.95 Å². The molecule has 0 bridgehead atoms. The lowest BCUT2D eigenvalue weighted by Gasteiger charge is -2.33. The van der Waals surface area contributed by atoms with Crippen LogP contribution in [0.2, 0.25) is 0 Å². The van der Waals surface area contributed by atoms with E-state index in [0.29, 0.717) is 36.4 Å². The quantitative estimate of drug-likeness (QED) is 0.917. The van der Waals surface area contributed by atoms with E-state index in [1.54, 1.807) is 39.7 Å². The van der Waals surface area contributed by atoms with Crippen LogP contribution in [0.15, 0.2) is 24.4 Å². The van der Waals surface area contributed by atoms with Crippen LogP contribution in [-0.2, 0) is 6.54 Å². The van der Waals surface area contributed by atoms with Gasteiger partial charge in [-0.15, -0.1) is 0 Å². The fourth-order valence-electron chi connectivity index (χ4n) is 2.83. The first-order valence-corrected chi connectivity index (χ1v) is 7.21.